The molecule has 7 heteroatoms. The normalized spacial score (nSPS) is 13.4. The Morgan fingerprint density at radius 1 is 1.00 bits per heavy atom. The van der Waals surface area contributed by atoms with Gasteiger partial charge in [0.2, 0.25) is 0 Å². The van der Waals surface area contributed by atoms with Crippen LogP contribution in [0.4, 0.5) is 4.39 Å². The Balaban J connectivity index is 2.04. The zero-order valence-corrected chi connectivity index (χ0v) is 24.6. The Labute approximate surface area is 236 Å². The third-order valence-corrected chi connectivity index (χ3v) is 6.68. The Morgan fingerprint density at radius 3 is 2.20 bits per heavy atom. The van der Waals surface area contributed by atoms with Crippen molar-refractivity contribution in [2.45, 2.75) is 98.0 Å². The number of ether oxygens (including phenoxy) is 1. The number of halogens is 1. The van der Waals surface area contributed by atoms with Crippen molar-refractivity contribution in [1.82, 2.24) is 4.57 Å². The van der Waals surface area contributed by atoms with E-state index in [0.717, 1.165) is 33.6 Å². The van der Waals surface area contributed by atoms with Crippen molar-refractivity contribution in [3.8, 4) is 22.4 Å². The SMILES string of the molecule is CC(=O)c1c(-c2cccc(C)c2)c(-c2ccc(F)cc2)n(CCC(O)CC(O)CC(=O)OC(C)(C)C)c1C(C)C. The van der Waals surface area contributed by atoms with Crippen LogP contribution in [0.25, 0.3) is 22.4 Å². The summed E-state index contributed by atoms with van der Waals surface area (Å²) in [5.41, 5.74) is 5.05. The van der Waals surface area contributed by atoms with E-state index < -0.39 is 23.8 Å². The van der Waals surface area contributed by atoms with Gasteiger partial charge in [0.15, 0.2) is 5.78 Å². The molecule has 216 valence electrons. The van der Waals surface area contributed by atoms with Gasteiger partial charge in [0, 0.05) is 23.4 Å². The standard InChI is InChI=1S/C33H42FNO5/c1-20(2)31-29(22(4)36)30(24-10-8-9-21(3)17-24)32(23-11-13-25(34)14-12-23)35(31)16-15-26(37)18-27(38)19-28(39)40-33(5,6)7/h8-14,17,20,26-27,37-38H,15-16,18-19H2,1-7H3. The topological polar surface area (TPSA) is 88.8 Å². The molecule has 0 aliphatic carbocycles. The maximum atomic E-state index is 13.9. The molecular weight excluding hydrogens is 509 g/mol. The lowest BCUT2D eigenvalue weighted by molar-refractivity contribution is -0.157. The van der Waals surface area contributed by atoms with Crippen molar-refractivity contribution in [1.29, 1.82) is 0 Å². The summed E-state index contributed by atoms with van der Waals surface area (Å²) < 4.78 is 21.3. The molecule has 0 amide bonds. The van der Waals surface area contributed by atoms with E-state index in [2.05, 4.69) is 4.57 Å². The van der Waals surface area contributed by atoms with Crippen LogP contribution in [0.1, 0.15) is 88.3 Å². The first-order valence-corrected chi connectivity index (χ1v) is 13.9. The van der Waals surface area contributed by atoms with Crippen LogP contribution in [-0.2, 0) is 16.1 Å². The molecule has 3 rings (SSSR count). The van der Waals surface area contributed by atoms with Gasteiger partial charge in [-0.05, 0) is 88.8 Å². The predicted octanol–water partition coefficient (Wildman–Crippen LogP) is 6.83. The van der Waals surface area contributed by atoms with E-state index in [0.29, 0.717) is 12.1 Å². The minimum absolute atomic E-state index is 0.00765. The minimum atomic E-state index is -1.05. The van der Waals surface area contributed by atoms with Crippen LogP contribution >= 0.6 is 0 Å². The third kappa shape index (κ3) is 7.89. The average molecular weight is 552 g/mol. The van der Waals surface area contributed by atoms with Crippen molar-refractivity contribution in [2.24, 2.45) is 0 Å². The number of benzene rings is 2. The van der Waals surface area contributed by atoms with Crippen LogP contribution in [0.15, 0.2) is 48.5 Å². The van der Waals surface area contributed by atoms with Crippen LogP contribution in [0.5, 0.6) is 0 Å². The van der Waals surface area contributed by atoms with Crippen molar-refractivity contribution in [2.75, 3.05) is 0 Å². The number of aryl methyl sites for hydroxylation is 1. The molecule has 2 atom stereocenters. The molecule has 0 saturated heterocycles. The maximum absolute atomic E-state index is 13.9. The molecule has 0 aliphatic heterocycles. The first-order valence-electron chi connectivity index (χ1n) is 13.9. The summed E-state index contributed by atoms with van der Waals surface area (Å²) in [6.45, 7) is 13.2. The second-order valence-corrected chi connectivity index (χ2v) is 11.8. The van der Waals surface area contributed by atoms with Gasteiger partial charge in [0.1, 0.15) is 11.4 Å². The van der Waals surface area contributed by atoms with Crippen molar-refractivity contribution < 1.29 is 28.9 Å². The summed E-state index contributed by atoms with van der Waals surface area (Å²) in [5, 5.41) is 21.3. The van der Waals surface area contributed by atoms with E-state index in [1.165, 1.54) is 12.1 Å². The predicted molar refractivity (Wildman–Crippen MR) is 156 cm³/mol. The van der Waals surface area contributed by atoms with Gasteiger partial charge in [-0.1, -0.05) is 43.7 Å². The molecule has 2 aromatic carbocycles. The van der Waals surface area contributed by atoms with E-state index in [-0.39, 0.29) is 36.8 Å². The van der Waals surface area contributed by atoms with E-state index >= 15 is 0 Å². The highest BCUT2D eigenvalue weighted by atomic mass is 19.1. The van der Waals surface area contributed by atoms with Gasteiger partial charge in [-0.3, -0.25) is 9.59 Å². The van der Waals surface area contributed by atoms with Gasteiger partial charge in [0.05, 0.1) is 24.3 Å². The fourth-order valence-corrected chi connectivity index (χ4v) is 5.18. The van der Waals surface area contributed by atoms with Crippen molar-refractivity contribution in [3.05, 3.63) is 71.2 Å². The molecule has 0 bridgehead atoms. The summed E-state index contributed by atoms with van der Waals surface area (Å²) in [6, 6.07) is 14.2. The summed E-state index contributed by atoms with van der Waals surface area (Å²) in [7, 11) is 0. The van der Waals surface area contributed by atoms with Gasteiger partial charge >= 0.3 is 5.97 Å². The zero-order valence-electron chi connectivity index (χ0n) is 24.6. The summed E-state index contributed by atoms with van der Waals surface area (Å²) in [4.78, 5) is 25.3. The van der Waals surface area contributed by atoms with Crippen LogP contribution < -0.4 is 0 Å². The molecule has 1 aromatic heterocycles. The zero-order chi connectivity index (χ0) is 29.8. The highest BCUT2D eigenvalue weighted by Gasteiger charge is 2.29. The molecule has 2 N–H and O–H groups in total. The molecule has 0 radical (unpaired) electrons. The second kappa shape index (κ2) is 12.9. The van der Waals surface area contributed by atoms with Crippen LogP contribution in [0.2, 0.25) is 0 Å². The van der Waals surface area contributed by atoms with Crippen molar-refractivity contribution >= 4 is 11.8 Å². The number of hydrogen-bond acceptors (Lipinski definition) is 5. The number of aliphatic hydroxyl groups is 2. The molecule has 0 saturated carbocycles. The lowest BCUT2D eigenvalue weighted by Crippen LogP contribution is -2.28. The Kier molecular flexibility index (Phi) is 10.1. The summed E-state index contributed by atoms with van der Waals surface area (Å²) in [6.07, 6.45) is -1.87. The Hall–Kier alpha value is -3.29. The number of rotatable bonds is 11. The van der Waals surface area contributed by atoms with E-state index in [1.54, 1.807) is 39.8 Å². The van der Waals surface area contributed by atoms with Crippen LogP contribution in [-0.4, -0.2) is 44.3 Å². The Bertz CT molecular complexity index is 1330. The lowest BCUT2D eigenvalue weighted by atomic mass is 9.92. The Morgan fingerprint density at radius 2 is 1.65 bits per heavy atom. The fourth-order valence-electron chi connectivity index (χ4n) is 5.18. The first-order chi connectivity index (χ1) is 18.7. The number of aromatic nitrogens is 1. The first kappa shape index (κ1) is 31.2. The van der Waals surface area contributed by atoms with E-state index in [1.807, 2.05) is 45.0 Å². The van der Waals surface area contributed by atoms with Crippen LogP contribution in [0, 0.1) is 12.7 Å². The highest BCUT2D eigenvalue weighted by molar-refractivity contribution is 6.06. The largest absolute Gasteiger partial charge is 0.460 e. The van der Waals surface area contributed by atoms with Gasteiger partial charge in [0.25, 0.3) is 0 Å². The minimum Gasteiger partial charge on any atom is -0.460 e. The molecule has 0 spiro atoms. The number of Topliss-reactive ketones (excluding diaryl/α,β-unsaturated/α-hetero) is 1. The quantitative estimate of drug-likeness (QED) is 0.201. The van der Waals surface area contributed by atoms with Crippen LogP contribution in [0.3, 0.4) is 0 Å². The molecule has 0 aliphatic rings. The lowest BCUT2D eigenvalue weighted by Gasteiger charge is -2.22. The van der Waals surface area contributed by atoms with E-state index in [9.17, 15) is 24.2 Å². The number of carbonyl (C=O) groups excluding carboxylic acids is 2. The van der Waals surface area contributed by atoms with E-state index in [4.69, 9.17) is 4.74 Å². The molecule has 40 heavy (non-hydrogen) atoms. The maximum Gasteiger partial charge on any atom is 0.308 e. The molecule has 2 unspecified atom stereocenters. The number of aliphatic hydroxyl groups excluding tert-OH is 2. The fraction of sp³-hybridized carbons (Fsp3) is 0.455. The molecule has 3 aromatic rings. The smallest absolute Gasteiger partial charge is 0.308 e. The number of ketones is 1. The molecule has 1 heterocycles. The third-order valence-electron chi connectivity index (χ3n) is 6.68. The summed E-state index contributed by atoms with van der Waals surface area (Å²) in [5.74, 6) is -0.973. The highest BCUT2D eigenvalue weighted by Crippen LogP contribution is 2.42. The number of nitrogens with zero attached hydrogens (tertiary/aromatic N) is 1. The van der Waals surface area contributed by atoms with Gasteiger partial charge in [-0.2, -0.15) is 0 Å². The van der Waals surface area contributed by atoms with Gasteiger partial charge < -0.3 is 19.5 Å². The average Bonchev–Trinajstić information content (AvgIpc) is 3.17. The molecule has 0 fully saturated rings. The van der Waals surface area contributed by atoms with Gasteiger partial charge in [-0.15, -0.1) is 0 Å². The summed E-state index contributed by atoms with van der Waals surface area (Å²) >= 11 is 0. The number of esters is 1. The van der Waals surface area contributed by atoms with Gasteiger partial charge in [-0.25, -0.2) is 4.39 Å². The van der Waals surface area contributed by atoms with Crippen molar-refractivity contribution in [3.63, 3.8) is 0 Å². The number of hydrogen-bond donors (Lipinski definition) is 2. The molecule has 6 nitrogen and oxygen atoms in total. The number of carbonyl (C=O) groups is 2. The second-order valence-electron chi connectivity index (χ2n) is 11.8. The monoisotopic (exact) mass is 551 g/mol. The molecular formula is C33H42FNO5.